The maximum atomic E-state index is 12.8. The molecule has 0 N–H and O–H groups in total. The standard InChI is InChI=1S/C23H23N3O3/c1-18(23(28)26(15-7-14-24)20-9-3-2-4-10-20)29-22(27)13-17-25-16-12-19-8-5-6-11-21(19)25/h2-6,8-12,16,18H,7,13,15,17H2,1H3. The van der Waals surface area contributed by atoms with E-state index in [0.29, 0.717) is 12.2 Å². The van der Waals surface area contributed by atoms with Crippen molar-refractivity contribution < 1.29 is 14.3 Å². The fourth-order valence-corrected chi connectivity index (χ4v) is 3.21. The summed E-state index contributed by atoms with van der Waals surface area (Å²) in [5.41, 5.74) is 1.73. The molecule has 29 heavy (non-hydrogen) atoms. The van der Waals surface area contributed by atoms with Crippen molar-refractivity contribution >= 4 is 28.5 Å². The minimum Gasteiger partial charge on any atom is -0.452 e. The van der Waals surface area contributed by atoms with Crippen molar-refractivity contribution in [3.8, 4) is 6.07 Å². The Morgan fingerprint density at radius 3 is 2.59 bits per heavy atom. The molecule has 6 heteroatoms. The van der Waals surface area contributed by atoms with Gasteiger partial charge in [0.1, 0.15) is 0 Å². The quantitative estimate of drug-likeness (QED) is 0.548. The zero-order valence-electron chi connectivity index (χ0n) is 16.3. The van der Waals surface area contributed by atoms with E-state index >= 15 is 0 Å². The SMILES string of the molecule is CC(OC(=O)CCn1ccc2ccccc21)C(=O)N(CCC#N)c1ccccc1. The molecule has 2 aromatic carbocycles. The molecule has 0 bridgehead atoms. The van der Waals surface area contributed by atoms with Gasteiger partial charge in [-0.3, -0.25) is 9.59 Å². The Balaban J connectivity index is 1.60. The Morgan fingerprint density at radius 1 is 1.10 bits per heavy atom. The van der Waals surface area contributed by atoms with E-state index in [1.54, 1.807) is 19.1 Å². The van der Waals surface area contributed by atoms with Crippen LogP contribution in [0.15, 0.2) is 66.9 Å². The minimum atomic E-state index is -0.928. The van der Waals surface area contributed by atoms with Gasteiger partial charge < -0.3 is 14.2 Å². The van der Waals surface area contributed by atoms with E-state index in [-0.39, 0.29) is 25.3 Å². The van der Waals surface area contributed by atoms with E-state index in [1.807, 2.05) is 65.4 Å². The number of hydrogen-bond acceptors (Lipinski definition) is 4. The van der Waals surface area contributed by atoms with Crippen LogP contribution in [0.25, 0.3) is 10.9 Å². The number of carbonyl (C=O) groups is 2. The molecular formula is C23H23N3O3. The molecule has 0 aliphatic heterocycles. The Kier molecular flexibility index (Phi) is 6.64. The smallest absolute Gasteiger partial charge is 0.308 e. The predicted molar refractivity (Wildman–Crippen MR) is 111 cm³/mol. The molecule has 1 aromatic heterocycles. The molecule has 1 unspecified atom stereocenters. The number of hydrogen-bond donors (Lipinski definition) is 0. The third-order valence-corrected chi connectivity index (χ3v) is 4.67. The number of fused-ring (bicyclic) bond motifs is 1. The molecule has 0 radical (unpaired) electrons. The number of nitriles is 1. The number of amides is 1. The van der Waals surface area contributed by atoms with Gasteiger partial charge in [0, 0.05) is 30.5 Å². The molecule has 3 aromatic rings. The van der Waals surface area contributed by atoms with Crippen molar-refractivity contribution in [1.82, 2.24) is 4.57 Å². The van der Waals surface area contributed by atoms with Crippen LogP contribution in [0.3, 0.4) is 0 Å². The van der Waals surface area contributed by atoms with Gasteiger partial charge in [-0.25, -0.2) is 0 Å². The van der Waals surface area contributed by atoms with Crippen molar-refractivity contribution in [2.75, 3.05) is 11.4 Å². The summed E-state index contributed by atoms with van der Waals surface area (Å²) in [6, 6.07) is 21.1. The molecule has 0 aliphatic carbocycles. The Hall–Kier alpha value is -3.59. The molecule has 0 aliphatic rings. The summed E-state index contributed by atoms with van der Waals surface area (Å²) in [5.74, 6) is -0.775. The van der Waals surface area contributed by atoms with E-state index in [9.17, 15) is 9.59 Å². The van der Waals surface area contributed by atoms with Crippen LogP contribution < -0.4 is 4.90 Å². The Labute approximate surface area is 169 Å². The van der Waals surface area contributed by atoms with Crippen molar-refractivity contribution in [1.29, 1.82) is 5.26 Å². The van der Waals surface area contributed by atoms with Gasteiger partial charge in [-0.05, 0) is 36.6 Å². The molecule has 6 nitrogen and oxygen atoms in total. The molecule has 0 spiro atoms. The predicted octanol–water partition coefficient (Wildman–Crippen LogP) is 3.91. The summed E-state index contributed by atoms with van der Waals surface area (Å²) < 4.78 is 7.37. The maximum Gasteiger partial charge on any atom is 0.308 e. The Bertz CT molecular complexity index is 1020. The van der Waals surface area contributed by atoms with E-state index in [4.69, 9.17) is 10.00 Å². The first-order chi connectivity index (χ1) is 14.1. The summed E-state index contributed by atoms with van der Waals surface area (Å²) in [7, 11) is 0. The monoisotopic (exact) mass is 389 g/mol. The summed E-state index contributed by atoms with van der Waals surface area (Å²) in [6.07, 6.45) is 1.37. The number of esters is 1. The van der Waals surface area contributed by atoms with Gasteiger partial charge >= 0.3 is 5.97 Å². The highest BCUT2D eigenvalue weighted by atomic mass is 16.5. The Morgan fingerprint density at radius 2 is 1.83 bits per heavy atom. The molecule has 0 saturated carbocycles. The number of carbonyl (C=O) groups excluding carboxylic acids is 2. The second-order valence-electron chi connectivity index (χ2n) is 6.68. The molecule has 0 saturated heterocycles. The van der Waals surface area contributed by atoms with Gasteiger partial charge in [0.15, 0.2) is 6.10 Å². The van der Waals surface area contributed by atoms with E-state index in [1.165, 1.54) is 4.90 Å². The van der Waals surface area contributed by atoms with Gasteiger partial charge in [0.05, 0.1) is 18.9 Å². The van der Waals surface area contributed by atoms with Crippen molar-refractivity contribution in [2.45, 2.75) is 32.4 Å². The highest BCUT2D eigenvalue weighted by Crippen LogP contribution is 2.17. The molecule has 1 atom stereocenters. The molecular weight excluding hydrogens is 366 g/mol. The fraction of sp³-hybridized carbons (Fsp3) is 0.261. The van der Waals surface area contributed by atoms with E-state index in [2.05, 4.69) is 0 Å². The number of nitrogens with zero attached hydrogens (tertiary/aromatic N) is 3. The van der Waals surface area contributed by atoms with Gasteiger partial charge in [-0.2, -0.15) is 5.26 Å². The average molecular weight is 389 g/mol. The lowest BCUT2D eigenvalue weighted by atomic mass is 10.2. The number of aromatic nitrogens is 1. The first kappa shape index (κ1) is 20.2. The molecule has 3 rings (SSSR count). The third kappa shape index (κ3) is 5.02. The average Bonchev–Trinajstić information content (AvgIpc) is 3.16. The zero-order valence-corrected chi connectivity index (χ0v) is 16.3. The van der Waals surface area contributed by atoms with Gasteiger partial charge in [0.25, 0.3) is 5.91 Å². The minimum absolute atomic E-state index is 0.166. The first-order valence-electron chi connectivity index (χ1n) is 9.57. The number of anilines is 1. The van der Waals surface area contributed by atoms with Crippen molar-refractivity contribution in [3.05, 3.63) is 66.9 Å². The van der Waals surface area contributed by atoms with Crippen LogP contribution in [0.4, 0.5) is 5.69 Å². The summed E-state index contributed by atoms with van der Waals surface area (Å²) in [6.45, 7) is 2.29. The van der Waals surface area contributed by atoms with Crippen LogP contribution in [-0.4, -0.2) is 29.1 Å². The third-order valence-electron chi connectivity index (χ3n) is 4.67. The van der Waals surface area contributed by atoms with Crippen molar-refractivity contribution in [2.24, 2.45) is 0 Å². The molecule has 1 heterocycles. The van der Waals surface area contributed by atoms with Gasteiger partial charge in [-0.15, -0.1) is 0 Å². The molecule has 0 fully saturated rings. The van der Waals surface area contributed by atoms with Gasteiger partial charge in [0.2, 0.25) is 0 Å². The second-order valence-corrected chi connectivity index (χ2v) is 6.68. The summed E-state index contributed by atoms with van der Waals surface area (Å²) >= 11 is 0. The molecule has 1 amide bonds. The number of para-hydroxylation sites is 2. The lowest BCUT2D eigenvalue weighted by Gasteiger charge is -2.25. The number of ether oxygens (including phenoxy) is 1. The highest BCUT2D eigenvalue weighted by molar-refractivity contribution is 5.97. The van der Waals surface area contributed by atoms with Crippen LogP contribution in [0.5, 0.6) is 0 Å². The van der Waals surface area contributed by atoms with Crippen LogP contribution >= 0.6 is 0 Å². The van der Waals surface area contributed by atoms with Crippen LogP contribution in [-0.2, 0) is 20.9 Å². The van der Waals surface area contributed by atoms with E-state index in [0.717, 1.165) is 10.9 Å². The topological polar surface area (TPSA) is 75.3 Å². The lowest BCUT2D eigenvalue weighted by Crippen LogP contribution is -2.40. The van der Waals surface area contributed by atoms with Crippen LogP contribution in [0, 0.1) is 11.3 Å². The maximum absolute atomic E-state index is 12.8. The normalized spacial score (nSPS) is 11.6. The largest absolute Gasteiger partial charge is 0.452 e. The first-order valence-corrected chi connectivity index (χ1v) is 9.57. The van der Waals surface area contributed by atoms with Crippen molar-refractivity contribution in [3.63, 3.8) is 0 Å². The number of aryl methyl sites for hydroxylation is 1. The number of rotatable bonds is 8. The molecule has 148 valence electrons. The zero-order chi connectivity index (χ0) is 20.6. The van der Waals surface area contributed by atoms with Crippen LogP contribution in [0.1, 0.15) is 19.8 Å². The van der Waals surface area contributed by atoms with E-state index < -0.39 is 12.1 Å². The summed E-state index contributed by atoms with van der Waals surface area (Å²) in [4.78, 5) is 26.6. The van der Waals surface area contributed by atoms with Gasteiger partial charge in [-0.1, -0.05) is 36.4 Å². The lowest BCUT2D eigenvalue weighted by molar-refractivity contribution is -0.154. The van der Waals surface area contributed by atoms with Crippen LogP contribution in [0.2, 0.25) is 0 Å². The second kappa shape index (κ2) is 9.56. The summed E-state index contributed by atoms with van der Waals surface area (Å²) in [5, 5.41) is 10.00. The fourth-order valence-electron chi connectivity index (χ4n) is 3.21. The highest BCUT2D eigenvalue weighted by Gasteiger charge is 2.24. The number of benzene rings is 2.